The summed E-state index contributed by atoms with van der Waals surface area (Å²) in [6, 6.07) is 0. The second-order valence-electron chi connectivity index (χ2n) is 5.09. The molecule has 0 spiro atoms. The summed E-state index contributed by atoms with van der Waals surface area (Å²) in [6.45, 7) is 4.42. The van der Waals surface area contributed by atoms with Crippen LogP contribution >= 0.6 is 12.6 Å². The highest BCUT2D eigenvalue weighted by Gasteiger charge is 2.51. The number of hydrogen-bond acceptors (Lipinski definition) is 10. The molecule has 10 heteroatoms. The van der Waals surface area contributed by atoms with Gasteiger partial charge in [-0.05, 0) is 0 Å². The molecule has 1 aliphatic rings. The van der Waals surface area contributed by atoms with Gasteiger partial charge in [0.15, 0.2) is 18.3 Å². The molecule has 0 aromatic carbocycles. The molecule has 0 aromatic heterocycles. The first-order valence-corrected chi connectivity index (χ1v) is 7.62. The van der Waals surface area contributed by atoms with Gasteiger partial charge < -0.3 is 23.7 Å². The van der Waals surface area contributed by atoms with E-state index in [-0.39, 0.29) is 6.61 Å². The molecular weight excluding hydrogens is 344 g/mol. The lowest BCUT2D eigenvalue weighted by Crippen LogP contribution is -2.61. The first-order valence-electron chi connectivity index (χ1n) is 7.10. The molecule has 1 aliphatic heterocycles. The molecule has 0 saturated carbocycles. The predicted molar refractivity (Wildman–Crippen MR) is 80.9 cm³/mol. The Morgan fingerprint density at radius 1 is 0.792 bits per heavy atom. The van der Waals surface area contributed by atoms with Crippen LogP contribution in [0.1, 0.15) is 27.7 Å². The molecule has 0 amide bonds. The molecular formula is C14H20O9S. The molecule has 0 bridgehead atoms. The third kappa shape index (κ3) is 6.00. The Bertz CT molecular complexity index is 506. The summed E-state index contributed by atoms with van der Waals surface area (Å²) < 4.78 is 25.8. The van der Waals surface area contributed by atoms with Crippen molar-refractivity contribution in [1.29, 1.82) is 0 Å². The first-order chi connectivity index (χ1) is 11.1. The maximum atomic E-state index is 11.4. The summed E-state index contributed by atoms with van der Waals surface area (Å²) in [5.41, 5.74) is -0.981. The van der Waals surface area contributed by atoms with Gasteiger partial charge in [0.1, 0.15) is 18.1 Å². The number of hydrogen-bond donors (Lipinski definition) is 1. The van der Waals surface area contributed by atoms with E-state index >= 15 is 0 Å². The van der Waals surface area contributed by atoms with Crippen molar-refractivity contribution >= 4 is 36.5 Å². The van der Waals surface area contributed by atoms with Crippen LogP contribution in [0.5, 0.6) is 0 Å². The Morgan fingerprint density at radius 3 is 1.71 bits per heavy atom. The van der Waals surface area contributed by atoms with Crippen LogP contribution in [-0.4, -0.2) is 60.3 Å². The Hall–Kier alpha value is -1.81. The van der Waals surface area contributed by atoms with Crippen molar-refractivity contribution < 1.29 is 42.9 Å². The van der Waals surface area contributed by atoms with Gasteiger partial charge in [-0.2, -0.15) is 0 Å². The molecule has 136 valence electrons. The minimum absolute atomic E-state index is 0.255. The molecule has 0 N–H and O–H groups in total. The number of esters is 4. The Balaban J connectivity index is 3.11. The second kappa shape index (κ2) is 8.88. The summed E-state index contributed by atoms with van der Waals surface area (Å²) in [7, 11) is 0. The van der Waals surface area contributed by atoms with Gasteiger partial charge in [0.2, 0.25) is 0 Å². The fraction of sp³-hybridized carbons (Fsp3) is 0.714. The van der Waals surface area contributed by atoms with Crippen molar-refractivity contribution in [1.82, 2.24) is 0 Å². The minimum atomic E-state index is -1.16. The van der Waals surface area contributed by atoms with Crippen LogP contribution in [0.4, 0.5) is 0 Å². The Kier molecular flexibility index (Phi) is 7.49. The summed E-state index contributed by atoms with van der Waals surface area (Å²) in [6.07, 6.45) is -4.35. The molecule has 1 rings (SSSR count). The summed E-state index contributed by atoms with van der Waals surface area (Å²) >= 11 is 4.18. The average molecular weight is 364 g/mol. The van der Waals surface area contributed by atoms with Gasteiger partial charge in [-0.1, -0.05) is 0 Å². The summed E-state index contributed by atoms with van der Waals surface area (Å²) in [5.74, 6) is -2.57. The lowest BCUT2D eigenvalue weighted by Gasteiger charge is -2.42. The second-order valence-corrected chi connectivity index (χ2v) is 5.60. The van der Waals surface area contributed by atoms with Gasteiger partial charge in [-0.25, -0.2) is 0 Å². The van der Waals surface area contributed by atoms with Crippen LogP contribution in [-0.2, 0) is 42.9 Å². The number of rotatable bonds is 5. The van der Waals surface area contributed by atoms with E-state index in [1.165, 1.54) is 6.92 Å². The van der Waals surface area contributed by atoms with E-state index < -0.39 is 53.7 Å². The number of carbonyl (C=O) groups excluding carboxylic acids is 4. The lowest BCUT2D eigenvalue weighted by molar-refractivity contribution is -0.237. The maximum absolute atomic E-state index is 11.4. The normalized spacial score (nSPS) is 29.3. The van der Waals surface area contributed by atoms with Crippen molar-refractivity contribution in [2.45, 2.75) is 57.5 Å². The molecule has 9 nitrogen and oxygen atoms in total. The van der Waals surface area contributed by atoms with Crippen molar-refractivity contribution in [3.8, 4) is 0 Å². The number of thiol groups is 1. The van der Waals surface area contributed by atoms with Crippen LogP contribution in [0.25, 0.3) is 0 Å². The van der Waals surface area contributed by atoms with Crippen LogP contribution in [0.3, 0.4) is 0 Å². The monoisotopic (exact) mass is 364 g/mol. The molecule has 0 aromatic rings. The zero-order valence-electron chi connectivity index (χ0n) is 13.7. The topological polar surface area (TPSA) is 114 Å². The van der Waals surface area contributed by atoms with E-state index in [4.69, 9.17) is 23.7 Å². The van der Waals surface area contributed by atoms with Crippen molar-refractivity contribution in [3.05, 3.63) is 0 Å². The van der Waals surface area contributed by atoms with Gasteiger partial charge in [-0.15, -0.1) is 12.6 Å². The fourth-order valence-corrected chi connectivity index (χ4v) is 2.59. The molecule has 1 saturated heterocycles. The Labute approximate surface area is 144 Å². The van der Waals surface area contributed by atoms with E-state index in [1.54, 1.807) is 0 Å². The Morgan fingerprint density at radius 2 is 1.25 bits per heavy atom. The maximum Gasteiger partial charge on any atom is 0.303 e. The van der Waals surface area contributed by atoms with E-state index in [0.717, 1.165) is 20.8 Å². The minimum Gasteiger partial charge on any atom is -0.463 e. The third-order valence-electron chi connectivity index (χ3n) is 2.97. The van der Waals surface area contributed by atoms with Crippen LogP contribution in [0.15, 0.2) is 0 Å². The van der Waals surface area contributed by atoms with Gasteiger partial charge in [0.25, 0.3) is 0 Å². The highest BCUT2D eigenvalue weighted by atomic mass is 32.1. The quantitative estimate of drug-likeness (QED) is 0.409. The zero-order valence-corrected chi connectivity index (χ0v) is 14.6. The van der Waals surface area contributed by atoms with E-state index in [1.807, 2.05) is 0 Å². The SMILES string of the molecule is CC(=O)OC[C@H]1O[C@@H](S)[C@@H](OC(C)=O)[C@@H](OC(C)=O)[C@@H]1OC(C)=O. The van der Waals surface area contributed by atoms with Gasteiger partial charge in [-0.3, -0.25) is 19.2 Å². The van der Waals surface area contributed by atoms with E-state index in [0.29, 0.717) is 0 Å². The fourth-order valence-electron chi connectivity index (χ4n) is 2.21. The van der Waals surface area contributed by atoms with E-state index in [9.17, 15) is 19.2 Å². The first kappa shape index (κ1) is 20.2. The number of carbonyl (C=O) groups is 4. The highest BCUT2D eigenvalue weighted by molar-refractivity contribution is 7.80. The lowest BCUT2D eigenvalue weighted by atomic mass is 9.99. The summed E-state index contributed by atoms with van der Waals surface area (Å²) in [5, 5.41) is 0. The molecule has 1 heterocycles. The molecule has 0 radical (unpaired) electrons. The van der Waals surface area contributed by atoms with Gasteiger partial charge in [0, 0.05) is 27.7 Å². The largest absolute Gasteiger partial charge is 0.463 e. The van der Waals surface area contributed by atoms with Gasteiger partial charge in [0.05, 0.1) is 0 Å². The smallest absolute Gasteiger partial charge is 0.303 e. The standard InChI is InChI=1S/C14H20O9S/c1-6(15)19-5-10-11(20-7(2)16)12(21-8(3)17)13(14(24)23-10)22-9(4)18/h10-14,24H,5H2,1-4H3/t10-,11-,12+,13+,14+/m1/s1. The molecule has 0 unspecified atom stereocenters. The third-order valence-corrected chi connectivity index (χ3v) is 3.38. The van der Waals surface area contributed by atoms with Crippen LogP contribution in [0.2, 0.25) is 0 Å². The zero-order chi connectivity index (χ0) is 18.4. The van der Waals surface area contributed by atoms with Gasteiger partial charge >= 0.3 is 23.9 Å². The highest BCUT2D eigenvalue weighted by Crippen LogP contribution is 2.30. The summed E-state index contributed by atoms with van der Waals surface area (Å²) in [4.78, 5) is 45.1. The van der Waals surface area contributed by atoms with Crippen molar-refractivity contribution in [3.63, 3.8) is 0 Å². The van der Waals surface area contributed by atoms with Crippen molar-refractivity contribution in [2.24, 2.45) is 0 Å². The average Bonchev–Trinajstić information content (AvgIpc) is 2.42. The van der Waals surface area contributed by atoms with Crippen LogP contribution in [0, 0.1) is 0 Å². The number of ether oxygens (including phenoxy) is 5. The van der Waals surface area contributed by atoms with Crippen molar-refractivity contribution in [2.75, 3.05) is 6.61 Å². The van der Waals surface area contributed by atoms with E-state index in [2.05, 4.69) is 12.6 Å². The molecule has 24 heavy (non-hydrogen) atoms. The predicted octanol–water partition coefficient (Wildman–Crippen LogP) is -0.000700. The molecule has 5 atom stereocenters. The molecule has 0 aliphatic carbocycles. The molecule has 1 fully saturated rings. The van der Waals surface area contributed by atoms with Crippen LogP contribution < -0.4 is 0 Å².